The van der Waals surface area contributed by atoms with Crippen molar-refractivity contribution in [2.24, 2.45) is 0 Å². The van der Waals surface area contributed by atoms with E-state index in [1.54, 1.807) is 24.3 Å². The van der Waals surface area contributed by atoms with Crippen LogP contribution in [0.1, 0.15) is 11.1 Å². The summed E-state index contributed by atoms with van der Waals surface area (Å²) in [5.74, 6) is -0.456. The third-order valence-corrected chi connectivity index (χ3v) is 4.52. The van der Waals surface area contributed by atoms with Gasteiger partial charge in [0.25, 0.3) is 0 Å². The van der Waals surface area contributed by atoms with Gasteiger partial charge >= 0.3 is 0 Å². The first-order chi connectivity index (χ1) is 9.51. The molecule has 3 nitrogen and oxygen atoms in total. The smallest absolute Gasteiger partial charge is 0.140 e. The quantitative estimate of drug-likeness (QED) is 0.885. The van der Waals surface area contributed by atoms with Crippen molar-refractivity contribution in [2.75, 3.05) is 5.73 Å². The van der Waals surface area contributed by atoms with Gasteiger partial charge in [-0.15, -0.1) is 0 Å². The summed E-state index contributed by atoms with van der Waals surface area (Å²) in [4.78, 5) is 0.425. The monoisotopic (exact) mass is 308 g/mol. The first-order valence-corrected chi connectivity index (χ1v) is 7.33. The van der Waals surface area contributed by atoms with Crippen molar-refractivity contribution >= 4 is 28.1 Å². The number of anilines is 1. The van der Waals surface area contributed by atoms with Crippen LogP contribution in [0.3, 0.4) is 0 Å². The lowest BCUT2D eigenvalue weighted by atomic mass is 10.1. The zero-order chi connectivity index (χ0) is 14.7. The highest BCUT2D eigenvalue weighted by atomic mass is 35.5. The molecule has 0 aliphatic rings. The third-order valence-electron chi connectivity index (χ3n) is 2.65. The fourth-order valence-corrected chi connectivity index (χ4v) is 3.24. The summed E-state index contributed by atoms with van der Waals surface area (Å²) in [6.45, 7) is 0. The van der Waals surface area contributed by atoms with E-state index in [2.05, 4.69) is 0 Å². The molecule has 0 amide bonds. The minimum atomic E-state index is -1.42. The summed E-state index contributed by atoms with van der Waals surface area (Å²) in [6.07, 6.45) is 0. The minimum Gasteiger partial charge on any atom is -0.399 e. The van der Waals surface area contributed by atoms with Crippen LogP contribution >= 0.6 is 11.6 Å². The molecule has 0 aliphatic carbocycles. The molecule has 0 fully saturated rings. The molecule has 2 rings (SSSR count). The molecule has 0 bridgehead atoms. The van der Waals surface area contributed by atoms with E-state index < -0.39 is 16.6 Å². The highest BCUT2D eigenvalue weighted by Crippen LogP contribution is 2.24. The van der Waals surface area contributed by atoms with Crippen LogP contribution in [-0.4, -0.2) is 4.21 Å². The van der Waals surface area contributed by atoms with Crippen molar-refractivity contribution in [3.8, 4) is 6.07 Å². The third kappa shape index (κ3) is 3.16. The Kier molecular flexibility index (Phi) is 4.38. The van der Waals surface area contributed by atoms with Gasteiger partial charge < -0.3 is 5.73 Å². The Bertz CT molecular complexity index is 728. The Labute approximate surface area is 123 Å². The van der Waals surface area contributed by atoms with Crippen LogP contribution < -0.4 is 5.73 Å². The van der Waals surface area contributed by atoms with Gasteiger partial charge in [0.1, 0.15) is 11.9 Å². The molecule has 20 heavy (non-hydrogen) atoms. The molecule has 0 saturated carbocycles. The van der Waals surface area contributed by atoms with E-state index in [-0.39, 0.29) is 11.3 Å². The standard InChI is InChI=1S/C14H10ClFN2OS/c15-12-3-2-11(18)6-14(12)20(19)8-9-1-4-13(16)10(5-9)7-17/h1-6H,8,18H2. The molecular weight excluding hydrogens is 299 g/mol. The molecule has 2 aromatic carbocycles. The van der Waals surface area contributed by atoms with Crippen LogP contribution in [0, 0.1) is 17.1 Å². The van der Waals surface area contributed by atoms with Gasteiger partial charge in [-0.2, -0.15) is 5.26 Å². The van der Waals surface area contributed by atoms with Crippen molar-refractivity contribution < 1.29 is 8.60 Å². The second-order valence-electron chi connectivity index (χ2n) is 4.11. The molecule has 102 valence electrons. The summed E-state index contributed by atoms with van der Waals surface area (Å²) in [5.41, 5.74) is 6.63. The summed E-state index contributed by atoms with van der Waals surface area (Å²) in [7, 11) is -1.42. The molecule has 2 aromatic rings. The lowest BCUT2D eigenvalue weighted by molar-refractivity contribution is 0.623. The van der Waals surface area contributed by atoms with Crippen LogP contribution in [0.15, 0.2) is 41.3 Å². The summed E-state index contributed by atoms with van der Waals surface area (Å²) in [5, 5.41) is 9.13. The van der Waals surface area contributed by atoms with E-state index in [0.717, 1.165) is 0 Å². The van der Waals surface area contributed by atoms with E-state index in [4.69, 9.17) is 22.6 Å². The highest BCUT2D eigenvalue weighted by molar-refractivity contribution is 7.84. The highest BCUT2D eigenvalue weighted by Gasteiger charge is 2.11. The molecule has 0 heterocycles. The maximum atomic E-state index is 13.2. The van der Waals surface area contributed by atoms with Crippen molar-refractivity contribution in [3.63, 3.8) is 0 Å². The first-order valence-electron chi connectivity index (χ1n) is 5.63. The maximum Gasteiger partial charge on any atom is 0.140 e. The Morgan fingerprint density at radius 1 is 1.30 bits per heavy atom. The molecule has 0 aromatic heterocycles. The van der Waals surface area contributed by atoms with E-state index in [1.807, 2.05) is 0 Å². The predicted molar refractivity (Wildman–Crippen MR) is 77.1 cm³/mol. The number of hydrogen-bond donors (Lipinski definition) is 1. The Balaban J connectivity index is 2.28. The molecule has 0 spiro atoms. The Morgan fingerprint density at radius 2 is 2.05 bits per heavy atom. The number of benzene rings is 2. The molecule has 1 unspecified atom stereocenters. The lowest BCUT2D eigenvalue weighted by Gasteiger charge is -2.06. The molecule has 0 saturated heterocycles. The maximum absolute atomic E-state index is 13.2. The van der Waals surface area contributed by atoms with Crippen LogP contribution in [-0.2, 0) is 16.6 Å². The van der Waals surface area contributed by atoms with Crippen LogP contribution in [0.4, 0.5) is 10.1 Å². The first kappa shape index (κ1) is 14.5. The summed E-state index contributed by atoms with van der Waals surface area (Å²) in [6, 6.07) is 10.6. The number of halogens is 2. The predicted octanol–water partition coefficient (Wildman–Crippen LogP) is 3.24. The molecule has 2 N–H and O–H groups in total. The van der Waals surface area contributed by atoms with E-state index >= 15 is 0 Å². The fourth-order valence-electron chi connectivity index (χ4n) is 1.67. The lowest BCUT2D eigenvalue weighted by Crippen LogP contribution is -2.00. The Hall–Kier alpha value is -1.90. The van der Waals surface area contributed by atoms with E-state index in [1.165, 1.54) is 18.2 Å². The van der Waals surface area contributed by atoms with E-state index in [0.29, 0.717) is 21.2 Å². The summed E-state index contributed by atoms with van der Waals surface area (Å²) >= 11 is 5.98. The molecule has 0 radical (unpaired) electrons. The molecule has 1 atom stereocenters. The van der Waals surface area contributed by atoms with Crippen LogP contribution in [0.2, 0.25) is 5.02 Å². The van der Waals surface area contributed by atoms with Gasteiger partial charge in [-0.3, -0.25) is 4.21 Å². The van der Waals surface area contributed by atoms with Gasteiger partial charge in [-0.25, -0.2) is 4.39 Å². The van der Waals surface area contributed by atoms with Gasteiger partial charge in [-0.1, -0.05) is 17.7 Å². The molecule has 6 heteroatoms. The average Bonchev–Trinajstić information content (AvgIpc) is 2.43. The Morgan fingerprint density at radius 3 is 2.75 bits per heavy atom. The topological polar surface area (TPSA) is 66.9 Å². The second kappa shape index (κ2) is 6.04. The van der Waals surface area contributed by atoms with Gasteiger partial charge in [0.05, 0.1) is 32.0 Å². The zero-order valence-electron chi connectivity index (χ0n) is 10.3. The van der Waals surface area contributed by atoms with Crippen molar-refractivity contribution in [1.29, 1.82) is 5.26 Å². The van der Waals surface area contributed by atoms with E-state index in [9.17, 15) is 8.60 Å². The van der Waals surface area contributed by atoms with Gasteiger partial charge in [-0.05, 0) is 35.9 Å². The minimum absolute atomic E-state index is 0.0711. The number of nitrogens with two attached hydrogens (primary N) is 1. The number of nitrogens with zero attached hydrogens (tertiary/aromatic N) is 1. The number of nitriles is 1. The number of hydrogen-bond acceptors (Lipinski definition) is 3. The SMILES string of the molecule is N#Cc1cc(CS(=O)c2cc(N)ccc2Cl)ccc1F. The number of rotatable bonds is 3. The van der Waals surface area contributed by atoms with Gasteiger partial charge in [0, 0.05) is 5.69 Å². The summed E-state index contributed by atoms with van der Waals surface area (Å²) < 4.78 is 25.5. The van der Waals surface area contributed by atoms with Gasteiger partial charge in [0.2, 0.25) is 0 Å². The van der Waals surface area contributed by atoms with Crippen molar-refractivity contribution in [2.45, 2.75) is 10.6 Å². The average molecular weight is 309 g/mol. The van der Waals surface area contributed by atoms with Crippen LogP contribution in [0.25, 0.3) is 0 Å². The molecular formula is C14H10ClFN2OS. The normalized spacial score (nSPS) is 11.8. The fraction of sp³-hybridized carbons (Fsp3) is 0.0714. The second-order valence-corrected chi connectivity index (χ2v) is 5.93. The van der Waals surface area contributed by atoms with Crippen molar-refractivity contribution in [1.82, 2.24) is 0 Å². The van der Waals surface area contributed by atoms with Crippen molar-refractivity contribution in [3.05, 3.63) is 58.4 Å². The molecule has 0 aliphatic heterocycles. The zero-order valence-corrected chi connectivity index (χ0v) is 11.8. The van der Waals surface area contributed by atoms with Gasteiger partial charge in [0.15, 0.2) is 0 Å². The number of nitrogen functional groups attached to an aromatic ring is 1. The van der Waals surface area contributed by atoms with Crippen LogP contribution in [0.5, 0.6) is 0 Å². The largest absolute Gasteiger partial charge is 0.399 e.